The summed E-state index contributed by atoms with van der Waals surface area (Å²) in [5.74, 6) is 0.722. The molecule has 1 aliphatic heterocycles. The molecule has 0 saturated carbocycles. The van der Waals surface area contributed by atoms with Crippen molar-refractivity contribution in [1.29, 1.82) is 0 Å². The van der Waals surface area contributed by atoms with Crippen molar-refractivity contribution >= 4 is 5.97 Å². The maximum Gasteiger partial charge on any atom is 0.306 e. The van der Waals surface area contributed by atoms with Crippen LogP contribution in [0.3, 0.4) is 0 Å². The number of methoxy groups -OCH3 is 1. The number of esters is 1. The normalized spacial score (nSPS) is 19.4. The molecule has 1 aliphatic rings. The second-order valence-corrected chi connectivity index (χ2v) is 4.37. The maximum absolute atomic E-state index is 11.1. The fourth-order valence-electron chi connectivity index (χ4n) is 1.93. The number of hydrogen-bond acceptors (Lipinski definition) is 4. The zero-order valence-electron chi connectivity index (χ0n) is 10.6. The van der Waals surface area contributed by atoms with Crippen molar-refractivity contribution in [2.45, 2.75) is 32.0 Å². The summed E-state index contributed by atoms with van der Waals surface area (Å²) in [5.41, 5.74) is 1.08. The van der Waals surface area contributed by atoms with E-state index < -0.39 is 0 Å². The topological polar surface area (TPSA) is 44.8 Å². The Bertz CT molecular complexity index is 385. The van der Waals surface area contributed by atoms with Gasteiger partial charge in [0.25, 0.3) is 0 Å². The summed E-state index contributed by atoms with van der Waals surface area (Å²) in [6.45, 7) is 0.996. The molecule has 1 aromatic carbocycles. The van der Waals surface area contributed by atoms with Crippen LogP contribution in [0.25, 0.3) is 0 Å². The van der Waals surface area contributed by atoms with Crippen molar-refractivity contribution in [3.05, 3.63) is 29.8 Å². The van der Waals surface area contributed by atoms with Crippen molar-refractivity contribution in [3.8, 4) is 5.75 Å². The molecular weight excluding hydrogens is 232 g/mol. The number of ether oxygens (including phenoxy) is 3. The highest BCUT2D eigenvalue weighted by molar-refractivity contribution is 5.70. The van der Waals surface area contributed by atoms with E-state index in [1.807, 2.05) is 24.3 Å². The van der Waals surface area contributed by atoms with E-state index in [1.165, 1.54) is 0 Å². The number of carbonyl (C=O) groups is 1. The third-order valence-electron chi connectivity index (χ3n) is 2.94. The summed E-state index contributed by atoms with van der Waals surface area (Å²) >= 11 is 0. The van der Waals surface area contributed by atoms with Gasteiger partial charge >= 0.3 is 5.97 Å². The van der Waals surface area contributed by atoms with E-state index in [-0.39, 0.29) is 12.1 Å². The highest BCUT2D eigenvalue weighted by Gasteiger charge is 2.20. The van der Waals surface area contributed by atoms with Gasteiger partial charge in [-0.2, -0.15) is 0 Å². The Morgan fingerprint density at radius 2 is 2.11 bits per heavy atom. The average molecular weight is 250 g/mol. The van der Waals surface area contributed by atoms with Gasteiger partial charge in [-0.15, -0.1) is 0 Å². The van der Waals surface area contributed by atoms with Crippen LogP contribution in [0.1, 0.15) is 24.8 Å². The van der Waals surface area contributed by atoms with Gasteiger partial charge in [0.2, 0.25) is 0 Å². The number of cyclic esters (lactones) is 1. The predicted molar refractivity (Wildman–Crippen MR) is 66.4 cm³/mol. The van der Waals surface area contributed by atoms with Gasteiger partial charge in [-0.1, -0.05) is 12.1 Å². The fourth-order valence-corrected chi connectivity index (χ4v) is 1.93. The minimum atomic E-state index is -0.112. The van der Waals surface area contributed by atoms with Crippen molar-refractivity contribution in [2.24, 2.45) is 0 Å². The monoisotopic (exact) mass is 250 g/mol. The Labute approximate surface area is 107 Å². The minimum Gasteiger partial charge on any atom is -0.497 e. The molecule has 0 bridgehead atoms. The van der Waals surface area contributed by atoms with Gasteiger partial charge in [0.15, 0.2) is 0 Å². The molecule has 4 heteroatoms. The van der Waals surface area contributed by atoms with Crippen LogP contribution in [0.5, 0.6) is 5.75 Å². The first-order chi connectivity index (χ1) is 8.78. The summed E-state index contributed by atoms with van der Waals surface area (Å²) in [6.07, 6.45) is 2.25. The van der Waals surface area contributed by atoms with Gasteiger partial charge in [-0.3, -0.25) is 4.79 Å². The first-order valence-electron chi connectivity index (χ1n) is 6.18. The lowest BCUT2D eigenvalue weighted by atomic mass is 10.1. The molecule has 1 heterocycles. The molecule has 1 fully saturated rings. The number of hydrogen-bond donors (Lipinski definition) is 0. The zero-order chi connectivity index (χ0) is 12.8. The Kier molecular flexibility index (Phi) is 4.59. The molecule has 1 atom stereocenters. The van der Waals surface area contributed by atoms with E-state index in [9.17, 15) is 4.79 Å². The molecule has 1 saturated heterocycles. The van der Waals surface area contributed by atoms with Crippen LogP contribution in [0.15, 0.2) is 24.3 Å². The van der Waals surface area contributed by atoms with Gasteiger partial charge in [0, 0.05) is 6.42 Å². The van der Waals surface area contributed by atoms with Crippen LogP contribution >= 0.6 is 0 Å². The number of carbonyl (C=O) groups excluding carboxylic acids is 1. The molecule has 0 spiro atoms. The molecule has 0 amide bonds. The third kappa shape index (κ3) is 3.74. The SMILES string of the molecule is COc1ccc(COC[C@@H]2CCCC(=O)O2)cc1. The fraction of sp³-hybridized carbons (Fsp3) is 0.500. The van der Waals surface area contributed by atoms with Crippen LogP contribution in [0.2, 0.25) is 0 Å². The molecule has 0 unspecified atom stereocenters. The lowest BCUT2D eigenvalue weighted by Gasteiger charge is -2.21. The van der Waals surface area contributed by atoms with E-state index >= 15 is 0 Å². The molecule has 18 heavy (non-hydrogen) atoms. The average Bonchev–Trinajstić information content (AvgIpc) is 2.40. The summed E-state index contributed by atoms with van der Waals surface area (Å²) in [6, 6.07) is 7.73. The third-order valence-corrected chi connectivity index (χ3v) is 2.94. The van der Waals surface area contributed by atoms with Crippen molar-refractivity contribution in [3.63, 3.8) is 0 Å². The molecule has 1 aromatic rings. The van der Waals surface area contributed by atoms with Crippen LogP contribution in [0.4, 0.5) is 0 Å². The van der Waals surface area contributed by atoms with Crippen molar-refractivity contribution < 1.29 is 19.0 Å². The Morgan fingerprint density at radius 3 is 2.78 bits per heavy atom. The maximum atomic E-state index is 11.1. The van der Waals surface area contributed by atoms with Gasteiger partial charge in [-0.25, -0.2) is 0 Å². The molecule has 2 rings (SSSR count). The first kappa shape index (κ1) is 12.9. The van der Waals surface area contributed by atoms with E-state index in [0.717, 1.165) is 24.2 Å². The van der Waals surface area contributed by atoms with Gasteiger partial charge in [-0.05, 0) is 30.5 Å². The lowest BCUT2D eigenvalue weighted by Crippen LogP contribution is -2.27. The summed E-state index contributed by atoms with van der Waals surface area (Å²) in [5, 5.41) is 0. The quantitative estimate of drug-likeness (QED) is 0.752. The van der Waals surface area contributed by atoms with Crippen LogP contribution in [0, 0.1) is 0 Å². The molecule has 0 N–H and O–H groups in total. The Balaban J connectivity index is 1.72. The largest absolute Gasteiger partial charge is 0.497 e. The number of rotatable bonds is 5. The predicted octanol–water partition coefficient (Wildman–Crippen LogP) is 2.31. The second-order valence-electron chi connectivity index (χ2n) is 4.37. The lowest BCUT2D eigenvalue weighted by molar-refractivity contribution is -0.157. The van der Waals surface area contributed by atoms with Gasteiger partial charge in [0.05, 0.1) is 20.3 Å². The summed E-state index contributed by atoms with van der Waals surface area (Å²) < 4.78 is 15.8. The van der Waals surface area contributed by atoms with Crippen LogP contribution in [-0.2, 0) is 20.9 Å². The minimum absolute atomic E-state index is 0.0792. The second kappa shape index (κ2) is 6.40. The highest BCUT2D eigenvalue weighted by atomic mass is 16.6. The Hall–Kier alpha value is -1.55. The smallest absolute Gasteiger partial charge is 0.306 e. The van der Waals surface area contributed by atoms with E-state index in [1.54, 1.807) is 7.11 Å². The van der Waals surface area contributed by atoms with Gasteiger partial charge in [0.1, 0.15) is 11.9 Å². The highest BCUT2D eigenvalue weighted by Crippen LogP contribution is 2.16. The van der Waals surface area contributed by atoms with Crippen molar-refractivity contribution in [2.75, 3.05) is 13.7 Å². The molecule has 0 aliphatic carbocycles. The van der Waals surface area contributed by atoms with Crippen LogP contribution in [-0.4, -0.2) is 25.8 Å². The number of benzene rings is 1. The van der Waals surface area contributed by atoms with Crippen LogP contribution < -0.4 is 4.74 Å². The summed E-state index contributed by atoms with van der Waals surface area (Å²) in [4.78, 5) is 11.1. The molecule has 0 aromatic heterocycles. The Morgan fingerprint density at radius 1 is 1.33 bits per heavy atom. The zero-order valence-corrected chi connectivity index (χ0v) is 10.6. The van der Waals surface area contributed by atoms with Gasteiger partial charge < -0.3 is 14.2 Å². The van der Waals surface area contributed by atoms with E-state index in [0.29, 0.717) is 19.6 Å². The van der Waals surface area contributed by atoms with E-state index in [4.69, 9.17) is 14.2 Å². The van der Waals surface area contributed by atoms with E-state index in [2.05, 4.69) is 0 Å². The van der Waals surface area contributed by atoms with Crippen molar-refractivity contribution in [1.82, 2.24) is 0 Å². The summed E-state index contributed by atoms with van der Waals surface area (Å²) in [7, 11) is 1.64. The first-order valence-corrected chi connectivity index (χ1v) is 6.18. The molecule has 98 valence electrons. The molecular formula is C14H18O4. The standard InChI is InChI=1S/C14H18O4/c1-16-12-7-5-11(6-8-12)9-17-10-13-3-2-4-14(15)18-13/h5-8,13H,2-4,9-10H2,1H3/t13-/m0/s1. The molecule has 4 nitrogen and oxygen atoms in total. The molecule has 0 radical (unpaired) electrons.